The number of ketones is 1. The second-order valence-corrected chi connectivity index (χ2v) is 7.66. The standard InChI is InChI=1S/C15H11Cl2N3O2S2/c16-11-4-3-9(6-12(11)17)13(21)8-23-15-20-19-14(24-15)18-7-10-2-1-5-22-10/h1-6H,7-8H2,(H,18,19). The molecule has 0 aliphatic carbocycles. The summed E-state index contributed by atoms with van der Waals surface area (Å²) in [5, 5.41) is 12.7. The lowest BCUT2D eigenvalue weighted by Gasteiger charge is -2.01. The quantitative estimate of drug-likeness (QED) is 0.444. The van der Waals surface area contributed by atoms with Crippen LogP contribution in [0.4, 0.5) is 5.13 Å². The molecule has 124 valence electrons. The van der Waals surface area contributed by atoms with Gasteiger partial charge in [0.2, 0.25) is 5.13 Å². The highest BCUT2D eigenvalue weighted by Gasteiger charge is 2.11. The zero-order valence-electron chi connectivity index (χ0n) is 12.2. The van der Waals surface area contributed by atoms with Crippen molar-refractivity contribution in [3.63, 3.8) is 0 Å². The maximum atomic E-state index is 12.2. The number of Topliss-reactive ketones (excluding diaryl/α,β-unsaturated/α-hetero) is 1. The van der Waals surface area contributed by atoms with Gasteiger partial charge in [-0.1, -0.05) is 46.3 Å². The van der Waals surface area contributed by atoms with E-state index in [1.807, 2.05) is 12.1 Å². The molecule has 24 heavy (non-hydrogen) atoms. The average Bonchev–Trinajstić information content (AvgIpc) is 3.24. The largest absolute Gasteiger partial charge is 0.467 e. The van der Waals surface area contributed by atoms with Crippen molar-refractivity contribution >= 4 is 57.2 Å². The van der Waals surface area contributed by atoms with Gasteiger partial charge in [-0.3, -0.25) is 4.79 Å². The summed E-state index contributed by atoms with van der Waals surface area (Å²) in [6, 6.07) is 8.55. The Morgan fingerprint density at radius 2 is 2.12 bits per heavy atom. The molecule has 0 amide bonds. The SMILES string of the molecule is O=C(CSc1nnc(NCc2ccco2)s1)c1ccc(Cl)c(Cl)c1. The summed E-state index contributed by atoms with van der Waals surface area (Å²) in [5.41, 5.74) is 0.526. The number of hydrogen-bond acceptors (Lipinski definition) is 7. The number of hydrogen-bond donors (Lipinski definition) is 1. The van der Waals surface area contributed by atoms with Gasteiger partial charge in [0.15, 0.2) is 10.1 Å². The van der Waals surface area contributed by atoms with Crippen LogP contribution in [0.1, 0.15) is 16.1 Å². The normalized spacial score (nSPS) is 10.8. The average molecular weight is 400 g/mol. The molecular weight excluding hydrogens is 389 g/mol. The van der Waals surface area contributed by atoms with E-state index >= 15 is 0 Å². The first-order valence-electron chi connectivity index (χ1n) is 6.82. The van der Waals surface area contributed by atoms with Crippen LogP contribution in [0, 0.1) is 0 Å². The minimum Gasteiger partial charge on any atom is -0.467 e. The molecule has 0 bridgehead atoms. The van der Waals surface area contributed by atoms with E-state index < -0.39 is 0 Å². The van der Waals surface area contributed by atoms with Gasteiger partial charge in [0.25, 0.3) is 0 Å². The van der Waals surface area contributed by atoms with Crippen LogP contribution in [0.2, 0.25) is 10.0 Å². The van der Waals surface area contributed by atoms with Crippen molar-refractivity contribution in [3.05, 3.63) is 58.0 Å². The second kappa shape index (κ2) is 8.02. The molecule has 0 spiro atoms. The number of benzene rings is 1. The maximum Gasteiger partial charge on any atom is 0.206 e. The van der Waals surface area contributed by atoms with Gasteiger partial charge in [-0.15, -0.1) is 10.2 Å². The Bertz CT molecular complexity index is 837. The molecule has 0 radical (unpaired) electrons. The number of halogens is 2. The van der Waals surface area contributed by atoms with Crippen molar-refractivity contribution in [2.24, 2.45) is 0 Å². The minimum atomic E-state index is -0.0427. The molecule has 1 aromatic carbocycles. The number of carbonyl (C=O) groups excluding carboxylic acids is 1. The molecular formula is C15H11Cl2N3O2S2. The Kier molecular flexibility index (Phi) is 5.78. The smallest absolute Gasteiger partial charge is 0.206 e. The third-order valence-corrected chi connectivity index (χ3v) is 5.72. The van der Waals surface area contributed by atoms with Crippen molar-refractivity contribution < 1.29 is 9.21 Å². The molecule has 0 fully saturated rings. The number of nitrogens with zero attached hydrogens (tertiary/aromatic N) is 2. The Hall–Kier alpha value is -1.54. The minimum absolute atomic E-state index is 0.0427. The van der Waals surface area contributed by atoms with Crippen LogP contribution in [-0.2, 0) is 6.54 Å². The molecule has 0 unspecified atom stereocenters. The lowest BCUT2D eigenvalue weighted by Crippen LogP contribution is -2.02. The van der Waals surface area contributed by atoms with E-state index in [2.05, 4.69) is 15.5 Å². The Morgan fingerprint density at radius 1 is 1.25 bits per heavy atom. The third-order valence-electron chi connectivity index (χ3n) is 2.97. The summed E-state index contributed by atoms with van der Waals surface area (Å²) >= 11 is 14.5. The van der Waals surface area contributed by atoms with E-state index in [1.165, 1.54) is 23.1 Å². The fraction of sp³-hybridized carbons (Fsp3) is 0.133. The number of nitrogens with one attached hydrogen (secondary N) is 1. The molecule has 0 saturated heterocycles. The van der Waals surface area contributed by atoms with Gasteiger partial charge in [-0.25, -0.2) is 0 Å². The number of thioether (sulfide) groups is 1. The van der Waals surface area contributed by atoms with E-state index in [1.54, 1.807) is 24.5 Å². The predicted octanol–water partition coefficient (Wildman–Crippen LogP) is 5.03. The zero-order chi connectivity index (χ0) is 16.9. The van der Waals surface area contributed by atoms with Crippen LogP contribution < -0.4 is 5.32 Å². The highest BCUT2D eigenvalue weighted by Crippen LogP contribution is 2.28. The van der Waals surface area contributed by atoms with Gasteiger partial charge in [0.05, 0.1) is 28.6 Å². The molecule has 2 heterocycles. The number of furan rings is 1. The summed E-state index contributed by atoms with van der Waals surface area (Å²) in [5.74, 6) is 1.03. The topological polar surface area (TPSA) is 68.0 Å². The van der Waals surface area contributed by atoms with E-state index in [4.69, 9.17) is 27.6 Å². The number of anilines is 1. The summed E-state index contributed by atoms with van der Waals surface area (Å²) in [7, 11) is 0. The summed E-state index contributed by atoms with van der Waals surface area (Å²) in [6.45, 7) is 0.536. The molecule has 0 atom stereocenters. The van der Waals surface area contributed by atoms with Crippen LogP contribution in [0.5, 0.6) is 0 Å². The predicted molar refractivity (Wildman–Crippen MR) is 97.5 cm³/mol. The van der Waals surface area contributed by atoms with Gasteiger partial charge in [0.1, 0.15) is 5.76 Å². The molecule has 0 aliphatic rings. The Balaban J connectivity index is 1.53. The highest BCUT2D eigenvalue weighted by molar-refractivity contribution is 8.01. The fourth-order valence-electron chi connectivity index (χ4n) is 1.80. The van der Waals surface area contributed by atoms with E-state index in [0.717, 1.165) is 5.76 Å². The third kappa shape index (κ3) is 4.51. The number of carbonyl (C=O) groups is 1. The molecule has 0 aliphatic heterocycles. The van der Waals surface area contributed by atoms with Crippen LogP contribution in [0.3, 0.4) is 0 Å². The summed E-state index contributed by atoms with van der Waals surface area (Å²) in [4.78, 5) is 12.2. The lowest BCUT2D eigenvalue weighted by atomic mass is 10.1. The first kappa shape index (κ1) is 17.3. The summed E-state index contributed by atoms with van der Waals surface area (Å²) < 4.78 is 5.95. The Labute approximate surface area is 156 Å². The monoisotopic (exact) mass is 399 g/mol. The van der Waals surface area contributed by atoms with Crippen LogP contribution >= 0.6 is 46.3 Å². The molecule has 3 rings (SSSR count). The van der Waals surface area contributed by atoms with Crippen molar-refractivity contribution in [3.8, 4) is 0 Å². The molecule has 2 aromatic heterocycles. The summed E-state index contributed by atoms with van der Waals surface area (Å²) in [6.07, 6.45) is 1.62. The van der Waals surface area contributed by atoms with Crippen molar-refractivity contribution in [1.82, 2.24) is 10.2 Å². The number of aromatic nitrogens is 2. The molecule has 3 aromatic rings. The Morgan fingerprint density at radius 3 is 2.88 bits per heavy atom. The van der Waals surface area contributed by atoms with E-state index in [0.29, 0.717) is 31.6 Å². The van der Waals surface area contributed by atoms with Gasteiger partial charge >= 0.3 is 0 Å². The fourth-order valence-corrected chi connectivity index (χ4v) is 3.74. The first-order chi connectivity index (χ1) is 11.6. The van der Waals surface area contributed by atoms with Crippen molar-refractivity contribution in [2.45, 2.75) is 10.9 Å². The van der Waals surface area contributed by atoms with Crippen LogP contribution in [0.25, 0.3) is 0 Å². The second-order valence-electron chi connectivity index (χ2n) is 4.65. The van der Waals surface area contributed by atoms with E-state index in [-0.39, 0.29) is 11.5 Å². The van der Waals surface area contributed by atoms with Gasteiger partial charge in [-0.2, -0.15) is 0 Å². The van der Waals surface area contributed by atoms with Gasteiger partial charge in [-0.05, 0) is 30.3 Å². The highest BCUT2D eigenvalue weighted by atomic mass is 35.5. The van der Waals surface area contributed by atoms with E-state index in [9.17, 15) is 4.79 Å². The van der Waals surface area contributed by atoms with Crippen LogP contribution in [-0.4, -0.2) is 21.7 Å². The number of rotatable bonds is 7. The first-order valence-corrected chi connectivity index (χ1v) is 9.38. The van der Waals surface area contributed by atoms with Gasteiger partial charge < -0.3 is 9.73 Å². The van der Waals surface area contributed by atoms with Crippen molar-refractivity contribution in [2.75, 3.05) is 11.1 Å². The zero-order valence-corrected chi connectivity index (χ0v) is 15.3. The van der Waals surface area contributed by atoms with Crippen LogP contribution in [0.15, 0.2) is 45.4 Å². The molecule has 1 N–H and O–H groups in total. The van der Waals surface area contributed by atoms with Crippen molar-refractivity contribution in [1.29, 1.82) is 0 Å². The molecule has 0 saturated carbocycles. The van der Waals surface area contributed by atoms with Gasteiger partial charge in [0, 0.05) is 5.56 Å². The lowest BCUT2D eigenvalue weighted by molar-refractivity contribution is 0.102. The molecule has 9 heteroatoms. The maximum absolute atomic E-state index is 12.2. The molecule has 5 nitrogen and oxygen atoms in total.